The van der Waals surface area contributed by atoms with E-state index in [9.17, 15) is 43.9 Å². The number of nitriles is 1. The van der Waals surface area contributed by atoms with Gasteiger partial charge < -0.3 is 0 Å². The first-order valence-corrected chi connectivity index (χ1v) is 28.7. The van der Waals surface area contributed by atoms with Crippen LogP contribution in [0, 0.1) is 76.4 Å². The van der Waals surface area contributed by atoms with Crippen LogP contribution in [0.4, 0.5) is 43.9 Å². The highest BCUT2D eigenvalue weighted by Crippen LogP contribution is 2.24. The Balaban J connectivity index is 0.000000486. The Morgan fingerprint density at radius 3 is 1.11 bits per heavy atom. The van der Waals surface area contributed by atoms with E-state index in [0.717, 1.165) is 47.0 Å². The third-order valence-electron chi connectivity index (χ3n) is 12.9. The molecule has 8 aromatic rings. The molecule has 0 saturated heterocycles. The Morgan fingerprint density at radius 2 is 0.671 bits per heavy atom. The Hall–Kier alpha value is -7.45. The average Bonchev–Trinajstić information content (AvgIpc) is 3.58. The van der Waals surface area contributed by atoms with E-state index in [1.165, 1.54) is 46.5 Å². The van der Waals surface area contributed by atoms with Crippen LogP contribution < -0.4 is 0 Å². The maximum atomic E-state index is 12.9. The number of benzene rings is 8. The molecule has 8 rings (SSSR count). The molecular weight excluding hydrogens is 1090 g/mol. The van der Waals surface area contributed by atoms with Crippen LogP contribution in [0.25, 0.3) is 0 Å². The molecule has 0 aliphatic carbocycles. The minimum Gasteiger partial charge on any atom is -0.207 e. The smallest absolute Gasteiger partial charge is 0.162 e. The summed E-state index contributed by atoms with van der Waals surface area (Å²) >= 11 is 0. The molecule has 0 amide bonds. The van der Waals surface area contributed by atoms with Crippen LogP contribution in [0.15, 0.2) is 170 Å². The van der Waals surface area contributed by atoms with Crippen LogP contribution in [0.2, 0.25) is 0 Å². The Labute approximate surface area is 501 Å². The highest BCUT2D eigenvalue weighted by molar-refractivity contribution is 5.34. The molecule has 0 N–H and O–H groups in total. The van der Waals surface area contributed by atoms with Crippen LogP contribution in [0.1, 0.15) is 214 Å². The fourth-order valence-corrected chi connectivity index (χ4v) is 7.76. The minimum atomic E-state index is -1.14. The zero-order valence-electron chi connectivity index (χ0n) is 52.5. The van der Waals surface area contributed by atoms with E-state index in [4.69, 9.17) is 5.26 Å². The first-order chi connectivity index (χ1) is 39.8. The van der Waals surface area contributed by atoms with Gasteiger partial charge in [0.1, 0.15) is 23.3 Å². The van der Waals surface area contributed by atoms with Gasteiger partial charge in [-0.1, -0.05) is 214 Å². The molecule has 0 aliphatic rings. The number of hydrogen-bond acceptors (Lipinski definition) is 1. The van der Waals surface area contributed by atoms with Gasteiger partial charge in [0, 0.05) is 6.07 Å². The SMILES string of the molecule is CC(C)c1cc(F)c(F)cc1F.CC(C)c1cc(F)ccc1F.CC(C)c1ccc(F)c(F)c1.CC(C)c1cccc(C#N)c1.CC(C)c1cccc(F)c1F.CC(C)c1ccccc1.CC(C)c1ccccc1F.Cc1ccccc1C(C)C. The van der Waals surface area contributed by atoms with Crippen LogP contribution >= 0.6 is 0 Å². The summed E-state index contributed by atoms with van der Waals surface area (Å²) in [5.41, 5.74) is 8.94. The van der Waals surface area contributed by atoms with Crippen molar-refractivity contribution in [3.63, 3.8) is 0 Å². The second-order valence-electron chi connectivity index (χ2n) is 22.5. The van der Waals surface area contributed by atoms with E-state index in [1.807, 2.05) is 97.9 Å². The minimum absolute atomic E-state index is 0.0331. The zero-order valence-corrected chi connectivity index (χ0v) is 52.5. The lowest BCUT2D eigenvalue weighted by atomic mass is 9.99. The Morgan fingerprint density at radius 1 is 0.271 bits per heavy atom. The van der Waals surface area contributed by atoms with E-state index in [1.54, 1.807) is 32.0 Å². The normalized spacial score (nSPS) is 10.4. The zero-order chi connectivity index (χ0) is 64.7. The van der Waals surface area contributed by atoms with Gasteiger partial charge in [-0.3, -0.25) is 0 Å². The predicted molar refractivity (Wildman–Crippen MR) is 333 cm³/mol. The summed E-state index contributed by atoms with van der Waals surface area (Å²) in [5, 5.41) is 8.59. The topological polar surface area (TPSA) is 23.8 Å². The van der Waals surface area contributed by atoms with Gasteiger partial charge in [-0.05, 0) is 165 Å². The highest BCUT2D eigenvalue weighted by Gasteiger charge is 2.13. The number of nitrogens with zero attached hydrogens (tertiary/aromatic N) is 1. The van der Waals surface area contributed by atoms with E-state index >= 15 is 0 Å². The third kappa shape index (κ3) is 28.3. The largest absolute Gasteiger partial charge is 0.207 e. The van der Waals surface area contributed by atoms with E-state index < -0.39 is 40.7 Å². The predicted octanol–water partition coefficient (Wildman–Crippen LogP) is 24.1. The molecule has 0 spiro atoms. The summed E-state index contributed by atoms with van der Waals surface area (Å²) in [6.07, 6.45) is 0. The van der Waals surface area contributed by atoms with Crippen molar-refractivity contribution < 1.29 is 43.9 Å². The second kappa shape index (κ2) is 39.2. The summed E-state index contributed by atoms with van der Waals surface area (Å²) in [6.45, 7) is 33.9. The molecule has 85 heavy (non-hydrogen) atoms. The van der Waals surface area contributed by atoms with Gasteiger partial charge in [0.25, 0.3) is 0 Å². The fourth-order valence-electron chi connectivity index (χ4n) is 7.76. The fraction of sp³-hybridized carbons (Fsp3) is 0.338. The Bertz CT molecular complexity index is 3170. The van der Waals surface area contributed by atoms with Crippen LogP contribution in [0.5, 0.6) is 0 Å². The molecule has 0 bridgehead atoms. The molecule has 0 fully saturated rings. The first kappa shape index (κ1) is 75.6. The maximum Gasteiger partial charge on any atom is 0.162 e. The summed E-state index contributed by atoms with van der Waals surface area (Å²) < 4.78 is 126. The maximum absolute atomic E-state index is 12.9. The first-order valence-electron chi connectivity index (χ1n) is 28.7. The molecule has 11 heteroatoms. The number of halogens is 10. The van der Waals surface area contributed by atoms with Gasteiger partial charge in [0.05, 0.1) is 11.6 Å². The van der Waals surface area contributed by atoms with Crippen molar-refractivity contribution >= 4 is 0 Å². The van der Waals surface area contributed by atoms with E-state index in [-0.39, 0.29) is 52.6 Å². The van der Waals surface area contributed by atoms with Gasteiger partial charge in [0.15, 0.2) is 34.9 Å². The third-order valence-corrected chi connectivity index (χ3v) is 12.9. The molecule has 8 aromatic carbocycles. The molecule has 0 atom stereocenters. The number of hydrogen-bond donors (Lipinski definition) is 0. The van der Waals surface area contributed by atoms with Gasteiger partial charge in [-0.25, -0.2) is 43.9 Å². The monoisotopic (exact) mass is 1180 g/mol. The molecular formula is C74H87F10N. The van der Waals surface area contributed by atoms with Gasteiger partial charge in [-0.15, -0.1) is 0 Å². The summed E-state index contributed by atoms with van der Waals surface area (Å²) in [5.74, 6) is -4.42. The van der Waals surface area contributed by atoms with E-state index in [2.05, 4.69) is 103 Å². The van der Waals surface area contributed by atoms with Crippen LogP contribution in [0.3, 0.4) is 0 Å². The highest BCUT2D eigenvalue weighted by atomic mass is 19.2. The lowest BCUT2D eigenvalue weighted by Crippen LogP contribution is -1.96. The van der Waals surface area contributed by atoms with Gasteiger partial charge in [-0.2, -0.15) is 5.26 Å². The van der Waals surface area contributed by atoms with Crippen LogP contribution in [-0.2, 0) is 0 Å². The average molecular weight is 1180 g/mol. The summed E-state index contributed by atoms with van der Waals surface area (Å²) in [4.78, 5) is 0. The van der Waals surface area contributed by atoms with Crippen molar-refractivity contribution in [1.82, 2.24) is 0 Å². The van der Waals surface area contributed by atoms with Crippen molar-refractivity contribution in [3.05, 3.63) is 284 Å². The van der Waals surface area contributed by atoms with Crippen LogP contribution in [-0.4, -0.2) is 0 Å². The lowest BCUT2D eigenvalue weighted by Gasteiger charge is -2.07. The molecule has 0 unspecified atom stereocenters. The van der Waals surface area contributed by atoms with Crippen molar-refractivity contribution in [2.45, 2.75) is 165 Å². The standard InChI is InChI=1S/C10H11N.C10H14.C9H9F3.3C9H10F2.C9H11F.C9H12/c1-8(2)10-5-3-4-9(6-10)7-11;1-8(2)10-7-5-4-6-9(10)3;1-5(2)6-3-8(11)9(12)4-7(6)10;1-6(2)8-5-7(10)3-4-9(8)11;1-6(2)7-3-4-8(10)9(11)5-7;1-6(2)7-4-3-5-8(10)9(7)11;1-7(2)8-5-3-4-6-9(8)10;1-8(2)9-6-4-3-5-7-9/h3-6,8H,1-2H3;4-8H,1-3H3;3-5H,1-2H3;3*3-6H,1-2H3;3-7H,1-2H3;3-8H,1-2H3. The lowest BCUT2D eigenvalue weighted by molar-refractivity contribution is 0.487. The molecule has 0 heterocycles. The van der Waals surface area contributed by atoms with Crippen molar-refractivity contribution in [2.75, 3.05) is 0 Å². The molecule has 458 valence electrons. The molecule has 0 aromatic heterocycles. The summed E-state index contributed by atoms with van der Waals surface area (Å²) in [7, 11) is 0. The summed E-state index contributed by atoms with van der Waals surface area (Å²) in [6, 6.07) is 49.0. The molecule has 0 saturated carbocycles. The molecule has 1 nitrogen and oxygen atoms in total. The quantitative estimate of drug-likeness (QED) is 0.110. The number of aryl methyl sites for hydroxylation is 1. The van der Waals surface area contributed by atoms with Crippen molar-refractivity contribution in [3.8, 4) is 6.07 Å². The van der Waals surface area contributed by atoms with E-state index in [0.29, 0.717) is 34.9 Å². The van der Waals surface area contributed by atoms with Crippen molar-refractivity contribution in [1.29, 1.82) is 5.26 Å². The van der Waals surface area contributed by atoms with Gasteiger partial charge in [0.2, 0.25) is 0 Å². The Kier molecular flexibility index (Phi) is 34.9. The molecule has 0 radical (unpaired) electrons. The number of rotatable bonds is 8. The second-order valence-corrected chi connectivity index (χ2v) is 22.5. The van der Waals surface area contributed by atoms with Crippen molar-refractivity contribution in [2.24, 2.45) is 0 Å². The molecule has 0 aliphatic heterocycles. The van der Waals surface area contributed by atoms with Gasteiger partial charge >= 0.3 is 0 Å².